The number of piperidine rings is 1. The molecule has 3 rings (SSSR count). The fourth-order valence-electron chi connectivity index (χ4n) is 2.88. The van der Waals surface area contributed by atoms with Gasteiger partial charge in [-0.2, -0.15) is 0 Å². The summed E-state index contributed by atoms with van der Waals surface area (Å²) in [5.74, 6) is 1.14. The summed E-state index contributed by atoms with van der Waals surface area (Å²) < 4.78 is 10.6. The van der Waals surface area contributed by atoms with E-state index < -0.39 is 0 Å². The number of fused-ring (bicyclic) bond motifs is 1. The van der Waals surface area contributed by atoms with Gasteiger partial charge in [-0.3, -0.25) is 4.79 Å². The monoisotopic (exact) mass is 310 g/mol. The molecule has 1 fully saturated rings. The van der Waals surface area contributed by atoms with E-state index in [1.165, 1.54) is 0 Å². The van der Waals surface area contributed by atoms with Gasteiger partial charge in [-0.05, 0) is 24.8 Å². The molecule has 6 heteroatoms. The predicted octanol–water partition coefficient (Wildman–Crippen LogP) is 2.79. The second-order valence-corrected chi connectivity index (χ2v) is 6.56. The molecule has 1 atom stereocenters. The molecular formula is C15H19ClN2O3. The van der Waals surface area contributed by atoms with E-state index >= 15 is 0 Å². The third kappa shape index (κ3) is 2.80. The number of hydrogen-bond donors (Lipinski definition) is 2. The maximum atomic E-state index is 12.5. The summed E-state index contributed by atoms with van der Waals surface area (Å²) in [6.45, 7) is 5.24. The number of amides is 1. The van der Waals surface area contributed by atoms with Crippen LogP contribution in [0.3, 0.4) is 0 Å². The van der Waals surface area contributed by atoms with Crippen LogP contribution < -0.4 is 20.1 Å². The highest BCUT2D eigenvalue weighted by Gasteiger charge is 2.37. The standard InChI is InChI=1S/C15H19ClN2O3/c1-15(2)4-3-5-17-13(15)14(19)18-10-7-12-11(6-9(10)16)20-8-21-12/h6-7,13,17H,3-5,8H2,1-2H3,(H,18,19). The Hall–Kier alpha value is -1.46. The number of hydrogen-bond acceptors (Lipinski definition) is 4. The highest BCUT2D eigenvalue weighted by Crippen LogP contribution is 2.39. The van der Waals surface area contributed by atoms with Crippen molar-refractivity contribution in [3.05, 3.63) is 17.2 Å². The molecule has 114 valence electrons. The van der Waals surface area contributed by atoms with Gasteiger partial charge in [-0.1, -0.05) is 25.4 Å². The molecule has 0 aromatic heterocycles. The molecule has 1 unspecified atom stereocenters. The molecule has 0 radical (unpaired) electrons. The third-order valence-electron chi connectivity index (χ3n) is 4.11. The average Bonchev–Trinajstić information content (AvgIpc) is 2.85. The Morgan fingerprint density at radius 2 is 2.10 bits per heavy atom. The number of carbonyl (C=O) groups excluding carboxylic acids is 1. The molecule has 1 aromatic carbocycles. The van der Waals surface area contributed by atoms with Gasteiger partial charge in [-0.15, -0.1) is 0 Å². The normalized spacial score (nSPS) is 22.9. The number of benzene rings is 1. The minimum Gasteiger partial charge on any atom is -0.454 e. The van der Waals surface area contributed by atoms with Crippen LogP contribution >= 0.6 is 11.6 Å². The zero-order valence-corrected chi connectivity index (χ0v) is 12.9. The molecule has 1 saturated heterocycles. The van der Waals surface area contributed by atoms with E-state index in [0.717, 1.165) is 19.4 Å². The topological polar surface area (TPSA) is 59.6 Å². The molecule has 0 saturated carbocycles. The Morgan fingerprint density at radius 1 is 1.38 bits per heavy atom. The summed E-state index contributed by atoms with van der Waals surface area (Å²) in [4.78, 5) is 12.5. The van der Waals surface area contributed by atoms with Gasteiger partial charge in [0.05, 0.1) is 16.8 Å². The Bertz CT molecular complexity index is 574. The molecule has 21 heavy (non-hydrogen) atoms. The van der Waals surface area contributed by atoms with Crippen molar-refractivity contribution < 1.29 is 14.3 Å². The third-order valence-corrected chi connectivity index (χ3v) is 4.42. The second kappa shape index (κ2) is 5.39. The van der Waals surface area contributed by atoms with E-state index in [1.807, 2.05) is 0 Å². The van der Waals surface area contributed by atoms with Crippen molar-refractivity contribution in [1.29, 1.82) is 0 Å². The first-order valence-electron chi connectivity index (χ1n) is 7.11. The summed E-state index contributed by atoms with van der Waals surface area (Å²) in [6.07, 6.45) is 2.11. The van der Waals surface area contributed by atoms with Gasteiger partial charge in [0, 0.05) is 12.1 Å². The lowest BCUT2D eigenvalue weighted by atomic mass is 9.77. The number of anilines is 1. The Morgan fingerprint density at radius 3 is 2.81 bits per heavy atom. The SMILES string of the molecule is CC1(C)CCCNC1C(=O)Nc1cc2c(cc1Cl)OCO2. The fraction of sp³-hybridized carbons (Fsp3) is 0.533. The zero-order valence-electron chi connectivity index (χ0n) is 12.2. The van der Waals surface area contributed by atoms with Crippen molar-refractivity contribution in [2.24, 2.45) is 5.41 Å². The van der Waals surface area contributed by atoms with Crippen molar-refractivity contribution in [2.45, 2.75) is 32.7 Å². The van der Waals surface area contributed by atoms with Crippen LogP contribution in [0.4, 0.5) is 5.69 Å². The van der Waals surface area contributed by atoms with Gasteiger partial charge in [0.25, 0.3) is 0 Å². The van der Waals surface area contributed by atoms with Crippen molar-refractivity contribution in [1.82, 2.24) is 5.32 Å². The van der Waals surface area contributed by atoms with E-state index in [4.69, 9.17) is 21.1 Å². The van der Waals surface area contributed by atoms with Crippen LogP contribution in [0.2, 0.25) is 5.02 Å². The molecular weight excluding hydrogens is 292 g/mol. The zero-order chi connectivity index (χ0) is 15.0. The lowest BCUT2D eigenvalue weighted by Crippen LogP contribution is -2.53. The van der Waals surface area contributed by atoms with Crippen molar-refractivity contribution in [3.63, 3.8) is 0 Å². The minimum absolute atomic E-state index is 0.0690. The average molecular weight is 311 g/mol. The van der Waals surface area contributed by atoms with E-state index in [-0.39, 0.29) is 24.2 Å². The quantitative estimate of drug-likeness (QED) is 0.882. The summed E-state index contributed by atoms with van der Waals surface area (Å²) in [5, 5.41) is 6.63. The van der Waals surface area contributed by atoms with Crippen LogP contribution in [-0.2, 0) is 4.79 Å². The van der Waals surface area contributed by atoms with Crippen LogP contribution in [-0.4, -0.2) is 25.3 Å². The largest absolute Gasteiger partial charge is 0.454 e. The highest BCUT2D eigenvalue weighted by molar-refractivity contribution is 6.34. The van der Waals surface area contributed by atoms with Gasteiger partial charge in [0.2, 0.25) is 12.7 Å². The van der Waals surface area contributed by atoms with Crippen LogP contribution in [0, 0.1) is 5.41 Å². The maximum absolute atomic E-state index is 12.5. The first-order chi connectivity index (χ1) is 9.97. The maximum Gasteiger partial charge on any atom is 0.242 e. The lowest BCUT2D eigenvalue weighted by Gasteiger charge is -2.38. The van der Waals surface area contributed by atoms with Crippen molar-refractivity contribution >= 4 is 23.2 Å². The lowest BCUT2D eigenvalue weighted by molar-refractivity contribution is -0.121. The Kier molecular flexibility index (Phi) is 3.71. The summed E-state index contributed by atoms with van der Waals surface area (Å²) in [5.41, 5.74) is 0.472. The molecule has 0 aliphatic carbocycles. The summed E-state index contributed by atoms with van der Waals surface area (Å²) in [7, 11) is 0. The van der Waals surface area contributed by atoms with Crippen LogP contribution in [0.1, 0.15) is 26.7 Å². The Labute approximate surface area is 128 Å². The highest BCUT2D eigenvalue weighted by atomic mass is 35.5. The minimum atomic E-state index is -0.229. The van der Waals surface area contributed by atoms with Gasteiger partial charge in [-0.25, -0.2) is 0 Å². The fourth-order valence-corrected chi connectivity index (χ4v) is 3.08. The summed E-state index contributed by atoms with van der Waals surface area (Å²) in [6, 6.07) is 3.14. The van der Waals surface area contributed by atoms with E-state index in [9.17, 15) is 4.79 Å². The van der Waals surface area contributed by atoms with Crippen molar-refractivity contribution in [3.8, 4) is 11.5 Å². The first kappa shape index (κ1) is 14.5. The first-order valence-corrected chi connectivity index (χ1v) is 7.48. The number of nitrogens with one attached hydrogen (secondary N) is 2. The van der Waals surface area contributed by atoms with Crippen LogP contribution in [0.5, 0.6) is 11.5 Å². The van der Waals surface area contributed by atoms with Gasteiger partial charge < -0.3 is 20.1 Å². The number of carbonyl (C=O) groups is 1. The van der Waals surface area contributed by atoms with Crippen molar-refractivity contribution in [2.75, 3.05) is 18.7 Å². The van der Waals surface area contributed by atoms with E-state index in [0.29, 0.717) is 22.2 Å². The number of rotatable bonds is 2. The molecule has 5 nitrogen and oxygen atoms in total. The molecule has 1 aromatic rings. The predicted molar refractivity (Wildman–Crippen MR) is 81.0 cm³/mol. The second-order valence-electron chi connectivity index (χ2n) is 6.15. The molecule has 0 spiro atoms. The molecule has 0 bridgehead atoms. The van der Waals surface area contributed by atoms with Crippen LogP contribution in [0.15, 0.2) is 12.1 Å². The Balaban J connectivity index is 1.78. The smallest absolute Gasteiger partial charge is 0.242 e. The van der Waals surface area contributed by atoms with Gasteiger partial charge >= 0.3 is 0 Å². The molecule has 2 aliphatic heterocycles. The van der Waals surface area contributed by atoms with E-state index in [2.05, 4.69) is 24.5 Å². The summed E-state index contributed by atoms with van der Waals surface area (Å²) >= 11 is 6.19. The molecule has 2 N–H and O–H groups in total. The van der Waals surface area contributed by atoms with E-state index in [1.54, 1.807) is 12.1 Å². The number of ether oxygens (including phenoxy) is 2. The molecule has 1 amide bonds. The molecule has 2 heterocycles. The number of halogens is 1. The van der Waals surface area contributed by atoms with Gasteiger partial charge in [0.1, 0.15) is 0 Å². The van der Waals surface area contributed by atoms with Gasteiger partial charge in [0.15, 0.2) is 11.5 Å². The molecule has 2 aliphatic rings. The van der Waals surface area contributed by atoms with Crippen LogP contribution in [0.25, 0.3) is 0 Å².